The number of amides is 1. The van der Waals surface area contributed by atoms with Crippen molar-refractivity contribution >= 4 is 17.9 Å². The minimum atomic E-state index is -1.09. The molecule has 3 aliphatic rings. The molecule has 3 N–H and O–H groups in total. The number of alkyl carbamates (subject to hydrolysis) is 1. The zero-order valence-electron chi connectivity index (χ0n) is 23.7. The Bertz CT molecular complexity index is 1180. The number of nitrogens with zero attached hydrogens (tertiary/aromatic N) is 3. The average molecular weight is 554 g/mol. The number of hydrogen-bond donors (Lipinski definition) is 3. The molecule has 2 saturated carbocycles. The molecule has 0 spiro atoms. The molecule has 2 aromatic rings. The van der Waals surface area contributed by atoms with Crippen molar-refractivity contribution in [2.24, 2.45) is 5.92 Å². The fourth-order valence-electron chi connectivity index (χ4n) is 6.31. The van der Waals surface area contributed by atoms with Crippen molar-refractivity contribution in [3.63, 3.8) is 0 Å². The highest BCUT2D eigenvalue weighted by molar-refractivity contribution is 5.79. The van der Waals surface area contributed by atoms with Crippen LogP contribution in [0.3, 0.4) is 0 Å². The fraction of sp³-hybridized carbons (Fsp3) is 0.667. The molecule has 5 rings (SSSR count). The largest absolute Gasteiger partial charge is 0.480 e. The summed E-state index contributed by atoms with van der Waals surface area (Å²) in [6.07, 6.45) is 9.20. The van der Waals surface area contributed by atoms with Gasteiger partial charge in [-0.3, -0.25) is 4.68 Å². The van der Waals surface area contributed by atoms with Crippen LogP contribution in [0.15, 0.2) is 18.2 Å². The van der Waals surface area contributed by atoms with Crippen LogP contribution in [-0.2, 0) is 27.1 Å². The molecule has 0 aromatic carbocycles. The van der Waals surface area contributed by atoms with E-state index in [1.54, 1.807) is 0 Å². The van der Waals surface area contributed by atoms with Gasteiger partial charge in [0.1, 0.15) is 18.0 Å². The van der Waals surface area contributed by atoms with Crippen molar-refractivity contribution in [2.45, 2.75) is 109 Å². The van der Waals surface area contributed by atoms with Gasteiger partial charge >= 0.3 is 12.1 Å². The third-order valence-electron chi connectivity index (χ3n) is 8.59. The number of pyridine rings is 1. The zero-order valence-corrected chi connectivity index (χ0v) is 23.7. The van der Waals surface area contributed by atoms with Crippen molar-refractivity contribution in [1.82, 2.24) is 20.1 Å². The number of rotatable bonds is 11. The number of fused-ring (bicyclic) bond motifs is 1. The summed E-state index contributed by atoms with van der Waals surface area (Å²) >= 11 is 0. The molecule has 10 nitrogen and oxygen atoms in total. The minimum absolute atomic E-state index is 0.0360. The lowest BCUT2D eigenvalue weighted by Crippen LogP contribution is -2.45. The van der Waals surface area contributed by atoms with E-state index < -0.39 is 18.1 Å². The molecule has 0 radical (unpaired) electrons. The Balaban J connectivity index is 1.01. The standard InChI is InChI=1S/C30H43N5O5/c1-19-16-20(2)35(34-19)26-7-3-4-8-27(26)40-30(38)33-25(29(36)37)13-15-39-24-17-21(18-24)9-11-23-12-10-22-6-5-14-31-28(22)32-23/h10,12,16,21,24-27H,3-9,11,13-15,17-18H2,1-2H3,(H,31,32)(H,33,38)(H,36,37)/t21?,24?,25?,26-,27-/m0/s1. The maximum atomic E-state index is 12.7. The van der Waals surface area contributed by atoms with Crippen LogP contribution in [-0.4, -0.2) is 63.3 Å². The second-order valence-corrected chi connectivity index (χ2v) is 11.7. The Morgan fingerprint density at radius 1 is 1.20 bits per heavy atom. The van der Waals surface area contributed by atoms with Gasteiger partial charge in [0.2, 0.25) is 0 Å². The molecular weight excluding hydrogens is 510 g/mol. The van der Waals surface area contributed by atoms with E-state index in [1.165, 1.54) is 5.56 Å². The lowest BCUT2D eigenvalue weighted by atomic mass is 9.79. The van der Waals surface area contributed by atoms with Gasteiger partial charge in [0.25, 0.3) is 0 Å². The Labute approximate surface area is 236 Å². The average Bonchev–Trinajstić information content (AvgIpc) is 3.26. The van der Waals surface area contributed by atoms with Gasteiger partial charge in [-0.15, -0.1) is 0 Å². The smallest absolute Gasteiger partial charge is 0.408 e. The molecule has 3 atom stereocenters. The summed E-state index contributed by atoms with van der Waals surface area (Å²) in [5, 5.41) is 20.2. The number of aliphatic carboxylic acids is 1. The van der Waals surface area contributed by atoms with Crippen molar-refractivity contribution < 1.29 is 24.2 Å². The highest BCUT2D eigenvalue weighted by atomic mass is 16.6. The highest BCUT2D eigenvalue weighted by Crippen LogP contribution is 2.34. The van der Waals surface area contributed by atoms with Crippen LogP contribution in [0, 0.1) is 19.8 Å². The maximum absolute atomic E-state index is 12.7. The molecule has 40 heavy (non-hydrogen) atoms. The maximum Gasteiger partial charge on any atom is 0.408 e. The van der Waals surface area contributed by atoms with E-state index in [2.05, 4.69) is 27.9 Å². The molecule has 218 valence electrons. The SMILES string of the molecule is Cc1cc(C)n([C@H]2CCCC[C@@H]2OC(=O)NC(CCOC2CC(CCc3ccc4c(n3)NCCC4)C2)C(=O)O)n1. The number of carbonyl (C=O) groups excluding carboxylic acids is 1. The van der Waals surface area contributed by atoms with E-state index in [1.807, 2.05) is 24.6 Å². The van der Waals surface area contributed by atoms with Crippen LogP contribution >= 0.6 is 0 Å². The van der Waals surface area contributed by atoms with Gasteiger partial charge < -0.3 is 25.2 Å². The van der Waals surface area contributed by atoms with Crippen LogP contribution in [0.25, 0.3) is 0 Å². The van der Waals surface area contributed by atoms with Crippen molar-refractivity contribution in [3.8, 4) is 0 Å². The lowest BCUT2D eigenvalue weighted by Gasteiger charge is -2.35. The first-order chi connectivity index (χ1) is 19.4. The number of hydrogen-bond acceptors (Lipinski definition) is 7. The van der Waals surface area contributed by atoms with Gasteiger partial charge in [-0.25, -0.2) is 14.6 Å². The van der Waals surface area contributed by atoms with E-state index in [9.17, 15) is 14.7 Å². The second kappa shape index (κ2) is 13.0. The van der Waals surface area contributed by atoms with E-state index in [0.29, 0.717) is 5.92 Å². The van der Waals surface area contributed by atoms with Gasteiger partial charge in [0.15, 0.2) is 0 Å². The summed E-state index contributed by atoms with van der Waals surface area (Å²) in [6.45, 7) is 5.23. The lowest BCUT2D eigenvalue weighted by molar-refractivity contribution is -0.140. The minimum Gasteiger partial charge on any atom is -0.480 e. The number of carboxylic acid groups (broad SMARTS) is 1. The van der Waals surface area contributed by atoms with Gasteiger partial charge in [-0.1, -0.05) is 12.5 Å². The number of nitrogens with one attached hydrogen (secondary N) is 2. The molecule has 2 aromatic heterocycles. The molecule has 1 aliphatic heterocycles. The Morgan fingerprint density at radius 3 is 2.80 bits per heavy atom. The predicted octanol–water partition coefficient (Wildman–Crippen LogP) is 4.73. The van der Waals surface area contributed by atoms with Gasteiger partial charge in [0.05, 0.1) is 17.8 Å². The zero-order chi connectivity index (χ0) is 28.1. The molecule has 3 heterocycles. The number of carbonyl (C=O) groups is 2. The van der Waals surface area contributed by atoms with Crippen molar-refractivity contribution in [3.05, 3.63) is 40.8 Å². The first-order valence-electron chi connectivity index (χ1n) is 14.9. The van der Waals surface area contributed by atoms with Crippen molar-refractivity contribution in [2.75, 3.05) is 18.5 Å². The predicted molar refractivity (Wildman–Crippen MR) is 150 cm³/mol. The van der Waals surface area contributed by atoms with E-state index >= 15 is 0 Å². The van der Waals surface area contributed by atoms with Crippen LogP contribution < -0.4 is 10.6 Å². The van der Waals surface area contributed by atoms with E-state index in [0.717, 1.165) is 93.7 Å². The Morgan fingerprint density at radius 2 is 2.02 bits per heavy atom. The van der Waals surface area contributed by atoms with Crippen LogP contribution in [0.4, 0.5) is 10.6 Å². The van der Waals surface area contributed by atoms with Gasteiger partial charge in [-0.2, -0.15) is 5.10 Å². The monoisotopic (exact) mass is 553 g/mol. The summed E-state index contributed by atoms with van der Waals surface area (Å²) in [7, 11) is 0. The summed E-state index contributed by atoms with van der Waals surface area (Å²) in [6, 6.07) is 5.28. The third-order valence-corrected chi connectivity index (χ3v) is 8.59. The Kier molecular flexibility index (Phi) is 9.24. The molecule has 10 heteroatoms. The van der Waals surface area contributed by atoms with E-state index in [4.69, 9.17) is 14.5 Å². The van der Waals surface area contributed by atoms with Gasteiger partial charge in [-0.05, 0) is 95.2 Å². The number of aromatic nitrogens is 3. The molecule has 2 fully saturated rings. The first kappa shape index (κ1) is 28.4. The first-order valence-corrected chi connectivity index (χ1v) is 14.9. The quantitative estimate of drug-likeness (QED) is 0.364. The topological polar surface area (TPSA) is 128 Å². The Hall–Kier alpha value is -3.14. The molecule has 0 saturated heterocycles. The third kappa shape index (κ3) is 7.13. The molecule has 0 bridgehead atoms. The summed E-state index contributed by atoms with van der Waals surface area (Å²) in [5.74, 6) is 0.563. The molecular formula is C30H43N5O5. The fourth-order valence-corrected chi connectivity index (χ4v) is 6.31. The number of carboxylic acids is 1. The number of aryl methyl sites for hydroxylation is 4. The summed E-state index contributed by atoms with van der Waals surface area (Å²) < 4.78 is 13.6. The summed E-state index contributed by atoms with van der Waals surface area (Å²) in [5.41, 5.74) is 4.41. The van der Waals surface area contributed by atoms with Crippen LogP contribution in [0.1, 0.15) is 86.5 Å². The molecule has 2 aliphatic carbocycles. The van der Waals surface area contributed by atoms with E-state index in [-0.39, 0.29) is 31.3 Å². The second-order valence-electron chi connectivity index (χ2n) is 11.7. The normalized spacial score (nSPS) is 24.8. The number of anilines is 1. The summed E-state index contributed by atoms with van der Waals surface area (Å²) in [4.78, 5) is 29.3. The van der Waals surface area contributed by atoms with Crippen molar-refractivity contribution in [1.29, 1.82) is 0 Å². The molecule has 1 amide bonds. The van der Waals surface area contributed by atoms with Crippen LogP contribution in [0.5, 0.6) is 0 Å². The highest BCUT2D eigenvalue weighted by Gasteiger charge is 2.33. The molecule has 1 unspecified atom stereocenters. The number of ether oxygens (including phenoxy) is 2. The van der Waals surface area contributed by atoms with Gasteiger partial charge in [0, 0.05) is 31.0 Å². The van der Waals surface area contributed by atoms with Crippen LogP contribution in [0.2, 0.25) is 0 Å².